The Kier molecular flexibility index (Phi) is 3.83. The Hall–Kier alpha value is -1.29. The van der Waals surface area contributed by atoms with E-state index in [4.69, 9.17) is 0 Å². The summed E-state index contributed by atoms with van der Waals surface area (Å²) in [6.45, 7) is 4.18. The Balaban J connectivity index is 1.97. The third kappa shape index (κ3) is 2.75. The van der Waals surface area contributed by atoms with Crippen molar-refractivity contribution in [3.8, 4) is 5.69 Å². The van der Waals surface area contributed by atoms with Gasteiger partial charge in [0.15, 0.2) is 0 Å². The molecule has 3 rings (SSSR count). The van der Waals surface area contributed by atoms with Gasteiger partial charge in [-0.25, -0.2) is 4.98 Å². The third-order valence-electron chi connectivity index (χ3n) is 3.95. The van der Waals surface area contributed by atoms with Crippen molar-refractivity contribution in [2.45, 2.75) is 45.6 Å². The van der Waals surface area contributed by atoms with Gasteiger partial charge in [0.05, 0.1) is 11.4 Å². The molecule has 1 aromatic heterocycles. The highest BCUT2D eigenvalue weighted by Crippen LogP contribution is 2.26. The fourth-order valence-electron chi connectivity index (χ4n) is 2.88. The lowest BCUT2D eigenvalue weighted by Crippen LogP contribution is -2.17. The molecule has 106 valence electrons. The van der Waals surface area contributed by atoms with Gasteiger partial charge >= 0.3 is 0 Å². The Morgan fingerprint density at radius 3 is 2.75 bits per heavy atom. The summed E-state index contributed by atoms with van der Waals surface area (Å²) in [6.07, 6.45) is 7.26. The van der Waals surface area contributed by atoms with Crippen LogP contribution in [-0.2, 0) is 0 Å². The zero-order chi connectivity index (χ0) is 14.1. The second kappa shape index (κ2) is 5.60. The lowest BCUT2D eigenvalue weighted by Gasteiger charge is -2.16. The number of rotatable bonds is 3. The molecule has 0 spiro atoms. The molecule has 1 aliphatic carbocycles. The molecule has 0 atom stereocenters. The summed E-state index contributed by atoms with van der Waals surface area (Å²) in [5, 5.41) is 3.61. The van der Waals surface area contributed by atoms with Gasteiger partial charge in [-0.1, -0.05) is 34.8 Å². The first-order valence-corrected chi connectivity index (χ1v) is 8.02. The maximum absolute atomic E-state index is 4.66. The quantitative estimate of drug-likeness (QED) is 0.889. The first-order chi connectivity index (χ1) is 9.63. The molecule has 1 N–H and O–H groups in total. The molecule has 20 heavy (non-hydrogen) atoms. The van der Waals surface area contributed by atoms with E-state index in [-0.39, 0.29) is 0 Å². The van der Waals surface area contributed by atoms with Crippen LogP contribution in [0.1, 0.15) is 36.9 Å². The summed E-state index contributed by atoms with van der Waals surface area (Å²) in [4.78, 5) is 4.66. The minimum Gasteiger partial charge on any atom is -0.353 e. The van der Waals surface area contributed by atoms with Crippen LogP contribution < -0.4 is 5.32 Å². The van der Waals surface area contributed by atoms with Crippen LogP contribution in [0.3, 0.4) is 0 Å². The number of imidazole rings is 1. The number of benzene rings is 1. The molecule has 0 aliphatic heterocycles. The van der Waals surface area contributed by atoms with Crippen molar-refractivity contribution in [1.29, 1.82) is 0 Å². The van der Waals surface area contributed by atoms with Crippen molar-refractivity contribution in [1.82, 2.24) is 9.55 Å². The van der Waals surface area contributed by atoms with Crippen LogP contribution >= 0.6 is 15.9 Å². The van der Waals surface area contributed by atoms with Gasteiger partial charge < -0.3 is 5.32 Å². The maximum atomic E-state index is 4.66. The number of halogens is 1. The SMILES string of the molecule is Cc1cn(-c2cc(Br)ccc2C)c(NC2CCCC2)n1. The fraction of sp³-hybridized carbons (Fsp3) is 0.438. The van der Waals surface area contributed by atoms with Gasteiger partial charge in [0.1, 0.15) is 0 Å². The van der Waals surface area contributed by atoms with E-state index in [1.54, 1.807) is 0 Å². The van der Waals surface area contributed by atoms with Crippen LogP contribution in [0.4, 0.5) is 5.95 Å². The van der Waals surface area contributed by atoms with Gasteiger partial charge in [-0.3, -0.25) is 4.57 Å². The van der Waals surface area contributed by atoms with Crippen molar-refractivity contribution >= 4 is 21.9 Å². The zero-order valence-corrected chi connectivity index (χ0v) is 13.6. The van der Waals surface area contributed by atoms with E-state index in [0.29, 0.717) is 6.04 Å². The van der Waals surface area contributed by atoms with Crippen LogP contribution in [0.5, 0.6) is 0 Å². The molecule has 3 nitrogen and oxygen atoms in total. The molecule has 0 amide bonds. The average Bonchev–Trinajstić information content (AvgIpc) is 3.03. The van der Waals surface area contributed by atoms with E-state index in [2.05, 4.69) is 62.1 Å². The second-order valence-electron chi connectivity index (χ2n) is 5.63. The van der Waals surface area contributed by atoms with Crippen molar-refractivity contribution in [3.05, 3.63) is 40.1 Å². The number of hydrogen-bond donors (Lipinski definition) is 1. The van der Waals surface area contributed by atoms with E-state index in [1.165, 1.54) is 36.9 Å². The highest BCUT2D eigenvalue weighted by atomic mass is 79.9. The molecular formula is C16H20BrN3. The fourth-order valence-corrected chi connectivity index (χ4v) is 3.23. The average molecular weight is 334 g/mol. The highest BCUT2D eigenvalue weighted by Gasteiger charge is 2.18. The van der Waals surface area contributed by atoms with Crippen molar-refractivity contribution < 1.29 is 0 Å². The van der Waals surface area contributed by atoms with E-state index in [0.717, 1.165) is 16.1 Å². The normalized spacial score (nSPS) is 15.8. The summed E-state index contributed by atoms with van der Waals surface area (Å²) in [5.41, 5.74) is 3.48. The molecule has 1 fully saturated rings. The van der Waals surface area contributed by atoms with E-state index in [1.807, 2.05) is 6.92 Å². The lowest BCUT2D eigenvalue weighted by atomic mass is 10.2. The number of aromatic nitrogens is 2. The molecule has 0 radical (unpaired) electrons. The number of nitrogens with zero attached hydrogens (tertiary/aromatic N) is 2. The van der Waals surface area contributed by atoms with Crippen LogP contribution in [0.2, 0.25) is 0 Å². The van der Waals surface area contributed by atoms with E-state index in [9.17, 15) is 0 Å². The maximum Gasteiger partial charge on any atom is 0.207 e. The van der Waals surface area contributed by atoms with Crippen LogP contribution in [-0.4, -0.2) is 15.6 Å². The minimum atomic E-state index is 0.572. The smallest absolute Gasteiger partial charge is 0.207 e. The minimum absolute atomic E-state index is 0.572. The van der Waals surface area contributed by atoms with E-state index < -0.39 is 0 Å². The molecule has 0 saturated heterocycles. The molecule has 4 heteroatoms. The van der Waals surface area contributed by atoms with Crippen LogP contribution in [0, 0.1) is 13.8 Å². The van der Waals surface area contributed by atoms with Crippen LogP contribution in [0.25, 0.3) is 5.69 Å². The topological polar surface area (TPSA) is 29.9 Å². The second-order valence-corrected chi connectivity index (χ2v) is 6.55. The third-order valence-corrected chi connectivity index (χ3v) is 4.44. The molecular weight excluding hydrogens is 314 g/mol. The standard InChI is InChI=1S/C16H20BrN3/c1-11-7-8-13(17)9-15(11)20-10-12(2)18-16(20)19-14-5-3-4-6-14/h7-10,14H,3-6H2,1-2H3,(H,18,19). The summed E-state index contributed by atoms with van der Waals surface area (Å²) < 4.78 is 3.27. The van der Waals surface area contributed by atoms with Crippen molar-refractivity contribution in [2.75, 3.05) is 5.32 Å². The van der Waals surface area contributed by atoms with Gasteiger partial charge in [-0.15, -0.1) is 0 Å². The number of aryl methyl sites for hydroxylation is 2. The van der Waals surface area contributed by atoms with E-state index >= 15 is 0 Å². The van der Waals surface area contributed by atoms with Gasteiger partial charge in [-0.2, -0.15) is 0 Å². The molecule has 0 bridgehead atoms. The Labute approximate surface area is 128 Å². The predicted octanol–water partition coefficient (Wildman–Crippen LogP) is 4.61. The molecule has 2 aromatic rings. The Morgan fingerprint density at radius 2 is 2.00 bits per heavy atom. The number of anilines is 1. The summed E-state index contributed by atoms with van der Waals surface area (Å²) >= 11 is 3.56. The number of nitrogens with one attached hydrogen (secondary N) is 1. The largest absolute Gasteiger partial charge is 0.353 e. The molecule has 1 aliphatic rings. The molecule has 1 aromatic carbocycles. The predicted molar refractivity (Wildman–Crippen MR) is 86.6 cm³/mol. The first-order valence-electron chi connectivity index (χ1n) is 7.22. The zero-order valence-electron chi connectivity index (χ0n) is 12.0. The lowest BCUT2D eigenvalue weighted by molar-refractivity contribution is 0.740. The first kappa shape index (κ1) is 13.7. The monoisotopic (exact) mass is 333 g/mol. The van der Waals surface area contributed by atoms with Crippen molar-refractivity contribution in [2.24, 2.45) is 0 Å². The van der Waals surface area contributed by atoms with Gasteiger partial charge in [-0.05, 0) is 44.4 Å². The van der Waals surface area contributed by atoms with Crippen LogP contribution in [0.15, 0.2) is 28.9 Å². The summed E-state index contributed by atoms with van der Waals surface area (Å²) in [6, 6.07) is 6.93. The Bertz CT molecular complexity index is 612. The van der Waals surface area contributed by atoms with Gasteiger partial charge in [0.2, 0.25) is 5.95 Å². The highest BCUT2D eigenvalue weighted by molar-refractivity contribution is 9.10. The molecule has 1 saturated carbocycles. The van der Waals surface area contributed by atoms with Gasteiger partial charge in [0.25, 0.3) is 0 Å². The van der Waals surface area contributed by atoms with Gasteiger partial charge in [0, 0.05) is 16.7 Å². The summed E-state index contributed by atoms with van der Waals surface area (Å²) in [5.74, 6) is 0.968. The summed E-state index contributed by atoms with van der Waals surface area (Å²) in [7, 11) is 0. The molecule has 0 unspecified atom stereocenters. The number of hydrogen-bond acceptors (Lipinski definition) is 2. The Morgan fingerprint density at radius 1 is 1.25 bits per heavy atom. The van der Waals surface area contributed by atoms with Crippen molar-refractivity contribution in [3.63, 3.8) is 0 Å². The molecule has 1 heterocycles.